The van der Waals surface area contributed by atoms with E-state index in [1.54, 1.807) is 7.11 Å². The van der Waals surface area contributed by atoms with Gasteiger partial charge in [-0.25, -0.2) is 0 Å². The van der Waals surface area contributed by atoms with E-state index in [0.717, 1.165) is 19.3 Å². The molecule has 4 heteroatoms. The highest BCUT2D eigenvalue weighted by molar-refractivity contribution is 5.04. The van der Waals surface area contributed by atoms with Crippen molar-refractivity contribution in [2.24, 2.45) is 5.92 Å². The van der Waals surface area contributed by atoms with Gasteiger partial charge in [0.25, 0.3) is 0 Å². The Balaban J connectivity index is 1.51. The minimum atomic E-state index is -0.0334. The normalized spacial score (nSPS) is 51.4. The predicted molar refractivity (Wildman–Crippen MR) is 57.1 cm³/mol. The molecule has 2 heterocycles. The van der Waals surface area contributed by atoms with Crippen molar-refractivity contribution in [2.75, 3.05) is 20.3 Å². The molecule has 0 aromatic heterocycles. The molecule has 2 saturated heterocycles. The SMILES string of the molecule is COCC1COC(C2CCC3(C)OC3C2)O1. The Bertz CT molecular complexity index is 270. The van der Waals surface area contributed by atoms with Crippen LogP contribution in [0.15, 0.2) is 0 Å². The summed E-state index contributed by atoms with van der Waals surface area (Å²) in [5.74, 6) is 0.502. The second-order valence-electron chi connectivity index (χ2n) is 5.37. The third kappa shape index (κ3) is 1.88. The van der Waals surface area contributed by atoms with Gasteiger partial charge >= 0.3 is 0 Å². The maximum absolute atomic E-state index is 5.84. The first kappa shape index (κ1) is 11.0. The molecule has 16 heavy (non-hydrogen) atoms. The molecule has 0 bridgehead atoms. The lowest BCUT2D eigenvalue weighted by atomic mass is 9.82. The minimum Gasteiger partial charge on any atom is -0.382 e. The Kier molecular flexibility index (Phi) is 2.70. The van der Waals surface area contributed by atoms with Crippen molar-refractivity contribution < 1.29 is 18.9 Å². The molecule has 0 radical (unpaired) electrons. The maximum Gasteiger partial charge on any atom is 0.161 e. The van der Waals surface area contributed by atoms with Crippen LogP contribution in [0.4, 0.5) is 0 Å². The van der Waals surface area contributed by atoms with Crippen LogP contribution in [-0.2, 0) is 18.9 Å². The van der Waals surface area contributed by atoms with Crippen LogP contribution in [-0.4, -0.2) is 44.4 Å². The van der Waals surface area contributed by atoms with Gasteiger partial charge in [0.15, 0.2) is 6.29 Å². The number of epoxide rings is 1. The van der Waals surface area contributed by atoms with Gasteiger partial charge in [0.2, 0.25) is 0 Å². The minimum absolute atomic E-state index is 0.0334. The van der Waals surface area contributed by atoms with E-state index in [0.29, 0.717) is 25.2 Å². The summed E-state index contributed by atoms with van der Waals surface area (Å²) in [5.41, 5.74) is 0.182. The van der Waals surface area contributed by atoms with Crippen LogP contribution in [0.25, 0.3) is 0 Å². The first-order valence-electron chi connectivity index (χ1n) is 6.15. The molecular formula is C12H20O4. The topological polar surface area (TPSA) is 40.2 Å². The standard InChI is InChI=1S/C12H20O4/c1-12-4-3-8(5-10(12)16-12)11-14-7-9(15-11)6-13-2/h8-11H,3-7H2,1-2H3. The lowest BCUT2D eigenvalue weighted by Gasteiger charge is -2.26. The van der Waals surface area contributed by atoms with E-state index >= 15 is 0 Å². The van der Waals surface area contributed by atoms with Crippen LogP contribution in [0.2, 0.25) is 0 Å². The summed E-state index contributed by atoms with van der Waals surface area (Å²) in [6.07, 6.45) is 3.90. The Morgan fingerprint density at radius 3 is 3.06 bits per heavy atom. The summed E-state index contributed by atoms with van der Waals surface area (Å²) in [6, 6.07) is 0. The molecule has 3 aliphatic rings. The van der Waals surface area contributed by atoms with Crippen LogP contribution >= 0.6 is 0 Å². The van der Waals surface area contributed by atoms with Gasteiger partial charge in [-0.1, -0.05) is 0 Å². The number of fused-ring (bicyclic) bond motifs is 1. The van der Waals surface area contributed by atoms with E-state index in [1.807, 2.05) is 0 Å². The monoisotopic (exact) mass is 228 g/mol. The fourth-order valence-electron chi connectivity index (χ4n) is 2.91. The molecule has 1 saturated carbocycles. The Labute approximate surface area is 96.2 Å². The lowest BCUT2D eigenvalue weighted by Crippen LogP contribution is -2.31. The number of rotatable bonds is 3. The highest BCUT2D eigenvalue weighted by Crippen LogP contribution is 2.50. The van der Waals surface area contributed by atoms with E-state index in [-0.39, 0.29) is 18.0 Å². The molecule has 92 valence electrons. The second kappa shape index (κ2) is 3.95. The van der Waals surface area contributed by atoms with Crippen LogP contribution in [0, 0.1) is 5.92 Å². The Morgan fingerprint density at radius 1 is 1.44 bits per heavy atom. The van der Waals surface area contributed by atoms with E-state index in [4.69, 9.17) is 18.9 Å². The Hall–Kier alpha value is -0.160. The molecule has 1 aliphatic carbocycles. The van der Waals surface area contributed by atoms with Crippen molar-refractivity contribution in [1.29, 1.82) is 0 Å². The van der Waals surface area contributed by atoms with Gasteiger partial charge in [0.1, 0.15) is 6.10 Å². The molecule has 4 nitrogen and oxygen atoms in total. The summed E-state index contributed by atoms with van der Waals surface area (Å²) in [4.78, 5) is 0. The van der Waals surface area contributed by atoms with Gasteiger partial charge in [-0.3, -0.25) is 0 Å². The number of hydrogen-bond donors (Lipinski definition) is 0. The first-order valence-corrected chi connectivity index (χ1v) is 6.15. The van der Waals surface area contributed by atoms with Gasteiger partial charge in [-0.15, -0.1) is 0 Å². The smallest absolute Gasteiger partial charge is 0.161 e. The van der Waals surface area contributed by atoms with Crippen molar-refractivity contribution in [3.63, 3.8) is 0 Å². The average molecular weight is 228 g/mol. The molecule has 3 fully saturated rings. The van der Waals surface area contributed by atoms with E-state index in [9.17, 15) is 0 Å². The van der Waals surface area contributed by atoms with Crippen molar-refractivity contribution in [1.82, 2.24) is 0 Å². The third-order valence-electron chi connectivity index (χ3n) is 4.07. The van der Waals surface area contributed by atoms with E-state index < -0.39 is 0 Å². The number of methoxy groups -OCH3 is 1. The second-order valence-corrected chi connectivity index (χ2v) is 5.37. The van der Waals surface area contributed by atoms with Crippen molar-refractivity contribution in [3.05, 3.63) is 0 Å². The van der Waals surface area contributed by atoms with Crippen LogP contribution in [0.5, 0.6) is 0 Å². The zero-order valence-electron chi connectivity index (χ0n) is 9.98. The summed E-state index contributed by atoms with van der Waals surface area (Å²) in [7, 11) is 1.70. The van der Waals surface area contributed by atoms with Gasteiger partial charge in [-0.2, -0.15) is 0 Å². The van der Waals surface area contributed by atoms with Crippen LogP contribution < -0.4 is 0 Å². The summed E-state index contributed by atoms with van der Waals surface area (Å²) < 4.78 is 22.3. The lowest BCUT2D eigenvalue weighted by molar-refractivity contribution is -0.110. The summed E-state index contributed by atoms with van der Waals surface area (Å²) >= 11 is 0. The van der Waals surface area contributed by atoms with Crippen molar-refractivity contribution in [3.8, 4) is 0 Å². The van der Waals surface area contributed by atoms with Crippen molar-refractivity contribution in [2.45, 2.75) is 50.3 Å². The average Bonchev–Trinajstić information content (AvgIpc) is 2.71. The van der Waals surface area contributed by atoms with Crippen LogP contribution in [0.1, 0.15) is 26.2 Å². The summed E-state index contributed by atoms with van der Waals surface area (Å²) in [5, 5.41) is 0. The fraction of sp³-hybridized carbons (Fsp3) is 1.00. The first-order chi connectivity index (χ1) is 7.71. The molecule has 2 aliphatic heterocycles. The quantitative estimate of drug-likeness (QED) is 0.683. The van der Waals surface area contributed by atoms with Gasteiger partial charge < -0.3 is 18.9 Å². The number of ether oxygens (including phenoxy) is 4. The van der Waals surface area contributed by atoms with E-state index in [2.05, 4.69) is 6.92 Å². The zero-order chi connectivity index (χ0) is 11.2. The molecule has 3 rings (SSSR count). The predicted octanol–water partition coefficient (Wildman–Crippen LogP) is 1.33. The molecule has 5 unspecified atom stereocenters. The Morgan fingerprint density at radius 2 is 2.31 bits per heavy atom. The molecule has 0 amide bonds. The largest absolute Gasteiger partial charge is 0.382 e. The fourth-order valence-corrected chi connectivity index (χ4v) is 2.91. The van der Waals surface area contributed by atoms with Gasteiger partial charge in [-0.05, 0) is 26.2 Å². The zero-order valence-corrected chi connectivity index (χ0v) is 9.98. The molecule has 5 atom stereocenters. The van der Waals surface area contributed by atoms with Crippen LogP contribution in [0.3, 0.4) is 0 Å². The highest BCUT2D eigenvalue weighted by Gasteiger charge is 2.56. The third-order valence-corrected chi connectivity index (χ3v) is 4.07. The summed E-state index contributed by atoms with van der Waals surface area (Å²) in [6.45, 7) is 3.50. The molecule has 0 spiro atoms. The van der Waals surface area contributed by atoms with E-state index in [1.165, 1.54) is 0 Å². The van der Waals surface area contributed by atoms with Gasteiger partial charge in [0.05, 0.1) is 24.9 Å². The molecule has 0 aromatic rings. The highest BCUT2D eigenvalue weighted by atomic mass is 16.7. The van der Waals surface area contributed by atoms with Gasteiger partial charge in [0, 0.05) is 13.0 Å². The molecular weight excluding hydrogens is 208 g/mol. The van der Waals surface area contributed by atoms with Crippen molar-refractivity contribution >= 4 is 0 Å². The molecule has 0 aromatic carbocycles. The molecule has 0 N–H and O–H groups in total. The number of hydrogen-bond acceptors (Lipinski definition) is 4. The maximum atomic E-state index is 5.84.